The lowest BCUT2D eigenvalue weighted by atomic mass is 9.72. The molecule has 162 valence electrons. The minimum Gasteiger partial charge on any atom is -0.390 e. The fourth-order valence-corrected chi connectivity index (χ4v) is 5.57. The monoisotopic (exact) mass is 459 g/mol. The number of nitrogen functional groups attached to an aromatic ring is 1. The van der Waals surface area contributed by atoms with Crippen LogP contribution < -0.4 is 16.4 Å². The molecule has 5 heterocycles. The predicted octanol–water partition coefficient (Wildman–Crippen LogP) is 1.22. The first kappa shape index (κ1) is 20.4. The Morgan fingerprint density at radius 3 is 2.84 bits per heavy atom. The average molecular weight is 460 g/mol. The van der Waals surface area contributed by atoms with Crippen LogP contribution >= 0.6 is 23.4 Å². The van der Waals surface area contributed by atoms with Crippen LogP contribution in [0.15, 0.2) is 34.6 Å². The SMILES string of the molecule is Nc1nccc(Sc2cnc(N3CCC4(CC3)c3cnnn3C[C@H]4N)c(CO)n2)c1Cl. The van der Waals surface area contributed by atoms with Gasteiger partial charge in [-0.15, -0.1) is 5.10 Å². The third-order valence-electron chi connectivity index (χ3n) is 6.21. The molecule has 0 aromatic carbocycles. The summed E-state index contributed by atoms with van der Waals surface area (Å²) in [5.41, 5.74) is 13.8. The van der Waals surface area contributed by atoms with E-state index in [1.54, 1.807) is 18.5 Å². The van der Waals surface area contributed by atoms with Gasteiger partial charge in [-0.1, -0.05) is 28.6 Å². The maximum Gasteiger partial charge on any atom is 0.152 e. The van der Waals surface area contributed by atoms with Crippen molar-refractivity contribution in [1.29, 1.82) is 0 Å². The molecule has 0 saturated carbocycles. The molecule has 2 aliphatic heterocycles. The Kier molecular flexibility index (Phi) is 5.21. The maximum atomic E-state index is 9.95. The topological polar surface area (TPSA) is 145 Å². The fourth-order valence-electron chi connectivity index (χ4n) is 4.53. The largest absolute Gasteiger partial charge is 0.390 e. The zero-order valence-electron chi connectivity index (χ0n) is 16.6. The number of aromatic nitrogens is 6. The van der Waals surface area contributed by atoms with Crippen LogP contribution in [0.25, 0.3) is 0 Å². The van der Waals surface area contributed by atoms with Gasteiger partial charge in [-0.25, -0.2) is 19.6 Å². The summed E-state index contributed by atoms with van der Waals surface area (Å²) in [4.78, 5) is 16.1. The van der Waals surface area contributed by atoms with Crippen LogP contribution in [0.1, 0.15) is 24.2 Å². The van der Waals surface area contributed by atoms with Gasteiger partial charge in [-0.2, -0.15) is 0 Å². The Morgan fingerprint density at radius 2 is 2.06 bits per heavy atom. The summed E-state index contributed by atoms with van der Waals surface area (Å²) in [6.07, 6.45) is 6.87. The van der Waals surface area contributed by atoms with Gasteiger partial charge < -0.3 is 21.5 Å². The van der Waals surface area contributed by atoms with Crippen molar-refractivity contribution in [3.63, 3.8) is 0 Å². The first-order valence-corrected chi connectivity index (χ1v) is 11.2. The molecule has 1 spiro atoms. The van der Waals surface area contributed by atoms with Crippen molar-refractivity contribution in [2.75, 3.05) is 23.7 Å². The third-order valence-corrected chi connectivity index (χ3v) is 7.68. The molecule has 0 bridgehead atoms. The summed E-state index contributed by atoms with van der Waals surface area (Å²) in [7, 11) is 0. The number of aliphatic hydroxyl groups excluding tert-OH is 1. The molecule has 0 unspecified atom stereocenters. The van der Waals surface area contributed by atoms with Crippen LogP contribution in [0, 0.1) is 0 Å². The van der Waals surface area contributed by atoms with Crippen LogP contribution in [0.5, 0.6) is 0 Å². The Labute approximate surface area is 188 Å². The molecule has 0 aliphatic carbocycles. The fraction of sp³-hybridized carbons (Fsp3) is 0.421. The maximum absolute atomic E-state index is 9.95. The molecule has 31 heavy (non-hydrogen) atoms. The highest BCUT2D eigenvalue weighted by Gasteiger charge is 2.48. The first-order chi connectivity index (χ1) is 15.0. The predicted molar refractivity (Wildman–Crippen MR) is 117 cm³/mol. The molecule has 5 N–H and O–H groups in total. The van der Waals surface area contributed by atoms with Crippen LogP contribution in [0.2, 0.25) is 5.02 Å². The lowest BCUT2D eigenvalue weighted by Crippen LogP contribution is -2.51. The van der Waals surface area contributed by atoms with Gasteiger partial charge in [0.05, 0.1) is 36.3 Å². The summed E-state index contributed by atoms with van der Waals surface area (Å²) in [5.74, 6) is 0.961. The van der Waals surface area contributed by atoms with E-state index in [4.69, 9.17) is 23.1 Å². The van der Waals surface area contributed by atoms with Crippen molar-refractivity contribution in [3.05, 3.63) is 41.1 Å². The number of piperidine rings is 1. The summed E-state index contributed by atoms with van der Waals surface area (Å²) >= 11 is 7.57. The molecular formula is C19H22ClN9OS. The Morgan fingerprint density at radius 1 is 1.26 bits per heavy atom. The summed E-state index contributed by atoms with van der Waals surface area (Å²) < 4.78 is 1.92. The molecule has 0 amide bonds. The van der Waals surface area contributed by atoms with Crippen molar-refractivity contribution >= 4 is 35.0 Å². The number of hydrogen-bond donors (Lipinski definition) is 3. The normalized spacial score (nSPS) is 19.7. The number of aliphatic hydroxyl groups is 1. The van der Waals surface area contributed by atoms with E-state index in [0.717, 1.165) is 36.5 Å². The van der Waals surface area contributed by atoms with Gasteiger partial charge in [0, 0.05) is 35.6 Å². The van der Waals surface area contributed by atoms with E-state index in [1.807, 2.05) is 10.9 Å². The van der Waals surface area contributed by atoms with Gasteiger partial charge in [0.25, 0.3) is 0 Å². The van der Waals surface area contributed by atoms with Crippen molar-refractivity contribution in [1.82, 2.24) is 29.9 Å². The molecule has 10 nitrogen and oxygen atoms in total. The Hall–Kier alpha value is -2.47. The van der Waals surface area contributed by atoms with Gasteiger partial charge >= 0.3 is 0 Å². The second-order valence-electron chi connectivity index (χ2n) is 7.80. The number of fused-ring (bicyclic) bond motifs is 2. The van der Waals surface area contributed by atoms with E-state index in [1.165, 1.54) is 11.8 Å². The summed E-state index contributed by atoms with van der Waals surface area (Å²) in [6, 6.07) is 1.80. The number of anilines is 2. The second kappa shape index (κ2) is 7.90. The van der Waals surface area contributed by atoms with Crippen LogP contribution in [0.4, 0.5) is 11.6 Å². The van der Waals surface area contributed by atoms with Gasteiger partial charge in [0.1, 0.15) is 16.5 Å². The molecule has 1 fully saturated rings. The molecule has 1 saturated heterocycles. The van der Waals surface area contributed by atoms with E-state index >= 15 is 0 Å². The van der Waals surface area contributed by atoms with Crippen LogP contribution in [-0.2, 0) is 18.6 Å². The number of halogens is 1. The third kappa shape index (κ3) is 3.41. The van der Waals surface area contributed by atoms with Gasteiger partial charge in [0.15, 0.2) is 5.82 Å². The molecule has 12 heteroatoms. The summed E-state index contributed by atoms with van der Waals surface area (Å²) in [5, 5.41) is 19.2. The molecular weight excluding hydrogens is 438 g/mol. The summed E-state index contributed by atoms with van der Waals surface area (Å²) in [6.45, 7) is 2.02. The smallest absolute Gasteiger partial charge is 0.152 e. The first-order valence-electron chi connectivity index (χ1n) is 9.96. The molecule has 3 aromatic heterocycles. The van der Waals surface area contributed by atoms with Crippen molar-refractivity contribution in [2.24, 2.45) is 5.73 Å². The highest BCUT2D eigenvalue weighted by molar-refractivity contribution is 7.99. The van der Waals surface area contributed by atoms with Crippen molar-refractivity contribution < 1.29 is 5.11 Å². The van der Waals surface area contributed by atoms with Gasteiger partial charge in [0.2, 0.25) is 0 Å². The lowest BCUT2D eigenvalue weighted by molar-refractivity contribution is 0.271. The number of nitrogens with two attached hydrogens (primary N) is 2. The van der Waals surface area contributed by atoms with E-state index in [-0.39, 0.29) is 23.9 Å². The highest BCUT2D eigenvalue weighted by Crippen LogP contribution is 2.43. The molecule has 0 radical (unpaired) electrons. The van der Waals surface area contributed by atoms with Crippen LogP contribution in [0.3, 0.4) is 0 Å². The second-order valence-corrected chi connectivity index (χ2v) is 9.24. The number of hydrogen-bond acceptors (Lipinski definition) is 10. The van der Waals surface area contributed by atoms with E-state index < -0.39 is 0 Å². The molecule has 3 aromatic rings. The van der Waals surface area contributed by atoms with E-state index in [9.17, 15) is 5.11 Å². The number of rotatable bonds is 4. The standard InChI is InChI=1S/C19H22ClN9OS/c20-16-12(1-4-23-17(16)22)31-15-8-24-18(11(10-30)26-15)28-5-2-19(3-6-28)13(21)9-29-14(19)7-25-27-29/h1,4,7-8,13,30H,2-3,5-6,9-10,21H2,(H2,22,23)/t13-/m1/s1. The zero-order valence-corrected chi connectivity index (χ0v) is 18.2. The zero-order chi connectivity index (χ0) is 21.6. The Balaban J connectivity index is 1.35. The molecule has 1 atom stereocenters. The average Bonchev–Trinajstić information content (AvgIpc) is 3.34. The molecule has 5 rings (SSSR count). The van der Waals surface area contributed by atoms with Gasteiger partial charge in [-0.3, -0.25) is 0 Å². The van der Waals surface area contributed by atoms with E-state index in [0.29, 0.717) is 28.1 Å². The van der Waals surface area contributed by atoms with Gasteiger partial charge in [-0.05, 0) is 18.9 Å². The van der Waals surface area contributed by atoms with Crippen molar-refractivity contribution in [3.8, 4) is 0 Å². The minimum absolute atomic E-state index is 0.0277. The van der Waals surface area contributed by atoms with Crippen molar-refractivity contribution in [2.45, 2.75) is 47.4 Å². The lowest BCUT2D eigenvalue weighted by Gasteiger charge is -2.42. The highest BCUT2D eigenvalue weighted by atomic mass is 35.5. The molecule has 2 aliphatic rings. The quantitative estimate of drug-likeness (QED) is 0.520. The number of nitrogens with zero attached hydrogens (tertiary/aromatic N) is 7. The van der Waals surface area contributed by atoms with Crippen LogP contribution in [-0.4, -0.2) is 54.2 Å². The minimum atomic E-state index is -0.208. The number of pyridine rings is 1. The van der Waals surface area contributed by atoms with E-state index in [2.05, 4.69) is 30.2 Å². The Bertz CT molecular complexity index is 1120.